The molecule has 1 heterocycles. The maximum absolute atomic E-state index is 10.7. The van der Waals surface area contributed by atoms with Gasteiger partial charge in [0.1, 0.15) is 6.10 Å². The number of ether oxygens (including phenoxy) is 2. The highest BCUT2D eigenvalue weighted by atomic mass is 35.5. The number of aliphatic hydroxyl groups is 1. The van der Waals surface area contributed by atoms with Gasteiger partial charge in [0, 0.05) is 27.2 Å². The molecule has 2 N–H and O–H groups in total. The van der Waals surface area contributed by atoms with Crippen LogP contribution < -0.4 is 9.91 Å². The smallest absolute Gasteiger partial charge is 0.294 e. The van der Waals surface area contributed by atoms with Crippen molar-refractivity contribution < 1.29 is 19.8 Å². The zero-order valence-corrected chi connectivity index (χ0v) is 9.11. The molecule has 6 heteroatoms. The van der Waals surface area contributed by atoms with Gasteiger partial charge in [-0.3, -0.25) is 0 Å². The highest BCUT2D eigenvalue weighted by Crippen LogP contribution is 2.26. The number of hydrogen-bond acceptors (Lipinski definition) is 4. The van der Waals surface area contributed by atoms with Crippen molar-refractivity contribution in [1.82, 2.24) is 0 Å². The third kappa shape index (κ3) is 2.32. The third-order valence-corrected chi connectivity index (χ3v) is 2.57. The predicted octanol–water partition coefficient (Wildman–Crippen LogP) is -0.0430. The van der Waals surface area contributed by atoms with Crippen LogP contribution in [0, 0.1) is 4.91 Å². The van der Waals surface area contributed by atoms with Crippen molar-refractivity contribution >= 4 is 17.3 Å². The van der Waals surface area contributed by atoms with Crippen LogP contribution in [0.3, 0.4) is 0 Å². The lowest BCUT2D eigenvalue weighted by Gasteiger charge is -2.14. The van der Waals surface area contributed by atoms with E-state index in [0.29, 0.717) is 17.4 Å². The lowest BCUT2D eigenvalue weighted by molar-refractivity contribution is -0.380. The zero-order valence-electron chi connectivity index (χ0n) is 8.35. The van der Waals surface area contributed by atoms with E-state index in [1.807, 2.05) is 0 Å². The number of rotatable bonds is 3. The molecular formula is C10H11ClNO4+. The van der Waals surface area contributed by atoms with E-state index in [-0.39, 0.29) is 12.3 Å². The van der Waals surface area contributed by atoms with Crippen LogP contribution in [0.4, 0.5) is 5.69 Å². The molecule has 1 aromatic carbocycles. The summed E-state index contributed by atoms with van der Waals surface area (Å²) in [5, 5.41) is 11.7. The van der Waals surface area contributed by atoms with E-state index in [0.717, 1.165) is 0 Å². The monoisotopic (exact) mass is 244 g/mol. The molecule has 2 atom stereocenters. The molecular weight excluding hydrogens is 234 g/mol. The Morgan fingerprint density at radius 3 is 2.94 bits per heavy atom. The third-order valence-electron chi connectivity index (χ3n) is 2.33. The quantitative estimate of drug-likeness (QED) is 0.783. The van der Waals surface area contributed by atoms with Gasteiger partial charge in [0.15, 0.2) is 11.9 Å². The first-order chi connectivity index (χ1) is 7.70. The summed E-state index contributed by atoms with van der Waals surface area (Å²) in [7, 11) is 0. The molecule has 0 amide bonds. The van der Waals surface area contributed by atoms with Crippen molar-refractivity contribution in [3.63, 3.8) is 0 Å². The lowest BCUT2D eigenvalue weighted by atomic mass is 10.2. The van der Waals surface area contributed by atoms with Crippen LogP contribution in [-0.2, 0) is 4.74 Å². The number of hydrogen-bond donors (Lipinski definition) is 2. The molecule has 5 nitrogen and oxygen atoms in total. The Balaban J connectivity index is 2.19. The van der Waals surface area contributed by atoms with E-state index < -0.39 is 12.2 Å². The summed E-state index contributed by atoms with van der Waals surface area (Å²) in [5.74, 6) is 0.317. The maximum atomic E-state index is 10.7. The summed E-state index contributed by atoms with van der Waals surface area (Å²) in [6.45, 7) is 0.539. The Morgan fingerprint density at radius 1 is 1.50 bits per heavy atom. The van der Waals surface area contributed by atoms with Crippen molar-refractivity contribution in [2.24, 2.45) is 0 Å². The van der Waals surface area contributed by atoms with E-state index in [4.69, 9.17) is 21.1 Å². The highest BCUT2D eigenvalue weighted by molar-refractivity contribution is 6.30. The summed E-state index contributed by atoms with van der Waals surface area (Å²) in [6.07, 6.45) is -1.15. The topological polar surface area (TPSA) is 69.7 Å². The first kappa shape index (κ1) is 11.3. The standard InChI is InChI=1S/C10H10ClNO4/c11-6-1-2-7(12-14)9(3-6)16-10-5-15-4-8(10)13/h1-3,8,10,13H,4-5H2/p+1/t8-,10?/m1/s1. The second-order valence-electron chi connectivity index (χ2n) is 3.50. The number of nitroso groups, excluding NO2 is 1. The van der Waals surface area contributed by atoms with Crippen LogP contribution in [0.15, 0.2) is 18.2 Å². The SMILES string of the molecule is O=[NH+]c1ccc(Cl)cc1OC1COC[C@H]1O. The average molecular weight is 245 g/mol. The fourth-order valence-electron chi connectivity index (χ4n) is 1.48. The molecule has 1 aliphatic heterocycles. The summed E-state index contributed by atoms with van der Waals surface area (Å²) in [6, 6.07) is 4.62. The molecule has 0 radical (unpaired) electrons. The molecule has 1 aromatic rings. The van der Waals surface area contributed by atoms with E-state index in [1.54, 1.807) is 11.2 Å². The summed E-state index contributed by atoms with van der Waals surface area (Å²) < 4.78 is 10.5. The summed E-state index contributed by atoms with van der Waals surface area (Å²) in [4.78, 5) is 10.7. The van der Waals surface area contributed by atoms with Crippen molar-refractivity contribution in [2.75, 3.05) is 13.2 Å². The van der Waals surface area contributed by atoms with Gasteiger partial charge in [0.2, 0.25) is 0 Å². The zero-order chi connectivity index (χ0) is 11.5. The molecule has 0 bridgehead atoms. The van der Waals surface area contributed by atoms with Crippen molar-refractivity contribution in [1.29, 1.82) is 0 Å². The Labute approximate surface area is 96.9 Å². The fourth-order valence-corrected chi connectivity index (χ4v) is 1.64. The van der Waals surface area contributed by atoms with Crippen LogP contribution in [0.2, 0.25) is 5.02 Å². The predicted molar refractivity (Wildman–Crippen MR) is 56.7 cm³/mol. The van der Waals surface area contributed by atoms with Crippen LogP contribution in [0.25, 0.3) is 0 Å². The molecule has 1 aliphatic rings. The van der Waals surface area contributed by atoms with E-state index in [9.17, 15) is 10.0 Å². The number of aliphatic hydroxyl groups excluding tert-OH is 1. The van der Waals surface area contributed by atoms with Crippen molar-refractivity contribution in [3.8, 4) is 5.75 Å². The van der Waals surface area contributed by atoms with Gasteiger partial charge in [0.25, 0.3) is 5.69 Å². The van der Waals surface area contributed by atoms with Gasteiger partial charge in [-0.1, -0.05) is 11.6 Å². The minimum atomic E-state index is -0.682. The molecule has 0 saturated carbocycles. The first-order valence-corrected chi connectivity index (χ1v) is 5.18. The highest BCUT2D eigenvalue weighted by Gasteiger charge is 2.29. The molecule has 0 aliphatic carbocycles. The van der Waals surface area contributed by atoms with Crippen molar-refractivity contribution in [2.45, 2.75) is 12.2 Å². The lowest BCUT2D eigenvalue weighted by Crippen LogP contribution is -2.56. The van der Waals surface area contributed by atoms with Crippen LogP contribution >= 0.6 is 11.6 Å². The Hall–Kier alpha value is -1.17. The average Bonchev–Trinajstić information content (AvgIpc) is 2.65. The molecule has 0 aromatic heterocycles. The number of benzene rings is 1. The Morgan fingerprint density at radius 2 is 2.31 bits per heavy atom. The van der Waals surface area contributed by atoms with Gasteiger partial charge in [-0.25, -0.2) is 0 Å². The van der Waals surface area contributed by atoms with E-state index in [2.05, 4.69) is 0 Å². The molecule has 1 unspecified atom stereocenters. The van der Waals surface area contributed by atoms with Crippen molar-refractivity contribution in [3.05, 3.63) is 28.1 Å². The fraction of sp³-hybridized carbons (Fsp3) is 0.400. The molecule has 0 spiro atoms. The maximum Gasteiger partial charge on any atom is 0.294 e. The van der Waals surface area contributed by atoms with E-state index in [1.165, 1.54) is 12.1 Å². The van der Waals surface area contributed by atoms with Crippen LogP contribution in [0.5, 0.6) is 5.75 Å². The number of halogens is 1. The van der Waals surface area contributed by atoms with Gasteiger partial charge in [-0.05, 0) is 6.07 Å². The molecule has 2 rings (SSSR count). The van der Waals surface area contributed by atoms with Crippen LogP contribution in [-0.4, -0.2) is 30.5 Å². The minimum Gasteiger partial charge on any atom is -0.478 e. The van der Waals surface area contributed by atoms with Gasteiger partial charge < -0.3 is 14.6 Å². The summed E-state index contributed by atoms with van der Waals surface area (Å²) in [5.41, 5.74) is 0.281. The molecule has 1 fully saturated rings. The molecule has 16 heavy (non-hydrogen) atoms. The first-order valence-electron chi connectivity index (χ1n) is 4.81. The van der Waals surface area contributed by atoms with Crippen LogP contribution in [0.1, 0.15) is 0 Å². The largest absolute Gasteiger partial charge is 0.478 e. The number of nitrogens with one attached hydrogen (secondary N) is 1. The minimum absolute atomic E-state index is 0.241. The second kappa shape index (κ2) is 4.78. The van der Waals surface area contributed by atoms with E-state index >= 15 is 0 Å². The van der Waals surface area contributed by atoms with Gasteiger partial charge in [-0.2, -0.15) is 0 Å². The Bertz CT molecular complexity index is 398. The van der Waals surface area contributed by atoms with Gasteiger partial charge in [0.05, 0.1) is 13.2 Å². The van der Waals surface area contributed by atoms with Gasteiger partial charge >= 0.3 is 0 Å². The Kier molecular flexibility index (Phi) is 3.38. The molecule has 86 valence electrons. The normalized spacial score (nSPS) is 24.4. The molecule has 1 saturated heterocycles. The second-order valence-corrected chi connectivity index (χ2v) is 3.94. The van der Waals surface area contributed by atoms with Gasteiger partial charge in [-0.15, -0.1) is 0 Å². The summed E-state index contributed by atoms with van der Waals surface area (Å²) >= 11 is 5.79.